The van der Waals surface area contributed by atoms with Gasteiger partial charge in [0.15, 0.2) is 0 Å². The van der Waals surface area contributed by atoms with Gasteiger partial charge in [-0.2, -0.15) is 0 Å². The summed E-state index contributed by atoms with van der Waals surface area (Å²) in [6.07, 6.45) is 0. The highest BCUT2D eigenvalue weighted by Gasteiger charge is 2.20. The van der Waals surface area contributed by atoms with Crippen molar-refractivity contribution in [3.63, 3.8) is 0 Å². The van der Waals surface area contributed by atoms with Crippen LogP contribution in [0, 0.1) is 0 Å². The van der Waals surface area contributed by atoms with Crippen LogP contribution in [-0.2, 0) is 0 Å². The summed E-state index contributed by atoms with van der Waals surface area (Å²) in [6.45, 7) is 0. The number of nitrogens with zero attached hydrogens (tertiary/aromatic N) is 2. The standard InChI is InChI=1S/C60H40N2/c1-2-20-47(21-3-1)62-57-29-13-28-56(60(57)59-55-25-9-6-16-43(55)34-39-58(59)62)46-19-10-22-50(40-46)61(48-35-30-44(31-36-48)53-26-11-17-41-14-4-7-23-51(41)53)49-37-32-45(33-38-49)54-27-12-18-42-15-5-8-24-52(42)54/h1-40H. The van der Waals surface area contributed by atoms with E-state index in [4.69, 9.17) is 0 Å². The van der Waals surface area contributed by atoms with E-state index in [1.165, 1.54) is 81.9 Å². The molecular formula is C60H40N2. The molecule has 0 aliphatic heterocycles. The lowest BCUT2D eigenvalue weighted by molar-refractivity contribution is 1.18. The van der Waals surface area contributed by atoms with Crippen LogP contribution in [0.4, 0.5) is 17.1 Å². The van der Waals surface area contributed by atoms with E-state index in [-0.39, 0.29) is 0 Å². The van der Waals surface area contributed by atoms with Gasteiger partial charge in [0.2, 0.25) is 0 Å². The number of hydrogen-bond acceptors (Lipinski definition) is 1. The molecule has 0 saturated heterocycles. The van der Waals surface area contributed by atoms with E-state index in [2.05, 4.69) is 252 Å². The lowest BCUT2D eigenvalue weighted by Gasteiger charge is -2.26. The fraction of sp³-hybridized carbons (Fsp3) is 0. The molecule has 290 valence electrons. The number of hydrogen-bond donors (Lipinski definition) is 0. The van der Waals surface area contributed by atoms with E-state index in [1.54, 1.807) is 0 Å². The molecule has 0 saturated carbocycles. The molecule has 12 rings (SSSR count). The van der Waals surface area contributed by atoms with Crippen LogP contribution in [0.25, 0.3) is 93.2 Å². The van der Waals surface area contributed by atoms with Crippen LogP contribution in [0.5, 0.6) is 0 Å². The van der Waals surface area contributed by atoms with E-state index < -0.39 is 0 Å². The molecule has 1 heterocycles. The molecule has 2 heteroatoms. The third kappa shape index (κ3) is 5.96. The molecule has 1 aromatic heterocycles. The molecule has 0 aliphatic carbocycles. The molecule has 0 N–H and O–H groups in total. The van der Waals surface area contributed by atoms with Crippen LogP contribution in [-0.4, -0.2) is 4.57 Å². The van der Waals surface area contributed by atoms with Gasteiger partial charge in [-0.1, -0.05) is 182 Å². The normalized spacial score (nSPS) is 11.5. The first kappa shape index (κ1) is 35.7. The Morgan fingerprint density at radius 2 is 0.758 bits per heavy atom. The molecule has 2 nitrogen and oxygen atoms in total. The lowest BCUT2D eigenvalue weighted by Crippen LogP contribution is -2.10. The highest BCUT2D eigenvalue weighted by atomic mass is 15.1. The van der Waals surface area contributed by atoms with Crippen molar-refractivity contribution < 1.29 is 0 Å². The van der Waals surface area contributed by atoms with E-state index in [0.29, 0.717) is 0 Å². The Labute approximate surface area is 360 Å². The van der Waals surface area contributed by atoms with Crippen LogP contribution in [0.2, 0.25) is 0 Å². The maximum atomic E-state index is 2.42. The topological polar surface area (TPSA) is 8.17 Å². The second-order valence-electron chi connectivity index (χ2n) is 16.1. The summed E-state index contributed by atoms with van der Waals surface area (Å²) >= 11 is 0. The van der Waals surface area contributed by atoms with Crippen LogP contribution in [0.15, 0.2) is 243 Å². The predicted octanol–water partition coefficient (Wildman–Crippen LogP) is 16.7. The highest BCUT2D eigenvalue weighted by Crippen LogP contribution is 2.44. The molecule has 0 spiro atoms. The van der Waals surface area contributed by atoms with Crippen molar-refractivity contribution in [2.24, 2.45) is 0 Å². The fourth-order valence-corrected chi connectivity index (χ4v) is 9.72. The minimum Gasteiger partial charge on any atom is -0.310 e. The first-order valence-electron chi connectivity index (χ1n) is 21.3. The average molecular weight is 789 g/mol. The van der Waals surface area contributed by atoms with Crippen LogP contribution < -0.4 is 4.90 Å². The molecule has 0 radical (unpaired) electrons. The molecule has 0 amide bonds. The second-order valence-corrected chi connectivity index (χ2v) is 16.1. The first-order valence-corrected chi connectivity index (χ1v) is 21.3. The average Bonchev–Trinajstić information content (AvgIpc) is 3.70. The lowest BCUT2D eigenvalue weighted by atomic mass is 9.96. The molecule has 0 bridgehead atoms. The van der Waals surface area contributed by atoms with Crippen molar-refractivity contribution in [3.8, 4) is 39.1 Å². The van der Waals surface area contributed by atoms with Crippen LogP contribution >= 0.6 is 0 Å². The van der Waals surface area contributed by atoms with Crippen molar-refractivity contribution in [1.29, 1.82) is 0 Å². The van der Waals surface area contributed by atoms with Gasteiger partial charge in [0.05, 0.1) is 11.0 Å². The smallest absolute Gasteiger partial charge is 0.0547 e. The summed E-state index contributed by atoms with van der Waals surface area (Å²) in [5.74, 6) is 0. The first-order chi connectivity index (χ1) is 30.8. The SMILES string of the molecule is c1ccc(-n2c3cccc(-c4cccc(N(c5ccc(-c6cccc7ccccc67)cc5)c5ccc(-c6cccc7ccccc67)cc5)c4)c3c3c4ccccc4ccc32)cc1. The summed E-state index contributed by atoms with van der Waals surface area (Å²) in [6, 6.07) is 88.5. The summed E-state index contributed by atoms with van der Waals surface area (Å²) < 4.78 is 2.42. The van der Waals surface area contributed by atoms with Gasteiger partial charge >= 0.3 is 0 Å². The largest absolute Gasteiger partial charge is 0.310 e. The zero-order chi connectivity index (χ0) is 41.0. The molecule has 62 heavy (non-hydrogen) atoms. The summed E-state index contributed by atoms with van der Waals surface area (Å²) in [4.78, 5) is 2.39. The van der Waals surface area contributed by atoms with Crippen molar-refractivity contribution in [2.75, 3.05) is 4.90 Å². The summed E-state index contributed by atoms with van der Waals surface area (Å²) in [7, 11) is 0. The van der Waals surface area contributed by atoms with Gasteiger partial charge in [0.1, 0.15) is 0 Å². The van der Waals surface area contributed by atoms with Gasteiger partial charge in [-0.3, -0.25) is 0 Å². The van der Waals surface area contributed by atoms with Crippen molar-refractivity contribution in [1.82, 2.24) is 4.57 Å². The number of rotatable bonds is 7. The molecule has 0 unspecified atom stereocenters. The van der Waals surface area contributed by atoms with Crippen LogP contribution in [0.1, 0.15) is 0 Å². The Hall–Kier alpha value is -8.20. The maximum Gasteiger partial charge on any atom is 0.0547 e. The zero-order valence-corrected chi connectivity index (χ0v) is 34.0. The minimum atomic E-state index is 1.09. The maximum absolute atomic E-state index is 2.42. The number of aromatic nitrogens is 1. The third-order valence-electron chi connectivity index (χ3n) is 12.6. The van der Waals surface area contributed by atoms with E-state index in [0.717, 1.165) is 28.3 Å². The molecule has 0 fully saturated rings. The van der Waals surface area contributed by atoms with Gasteiger partial charge in [-0.25, -0.2) is 0 Å². The van der Waals surface area contributed by atoms with Gasteiger partial charge in [-0.15, -0.1) is 0 Å². The Balaban J connectivity index is 1.04. The van der Waals surface area contributed by atoms with Gasteiger partial charge in [0, 0.05) is 33.5 Å². The van der Waals surface area contributed by atoms with E-state index in [9.17, 15) is 0 Å². The number of benzene rings is 11. The van der Waals surface area contributed by atoms with E-state index in [1.807, 2.05) is 0 Å². The third-order valence-corrected chi connectivity index (χ3v) is 12.6. The van der Waals surface area contributed by atoms with E-state index >= 15 is 0 Å². The van der Waals surface area contributed by atoms with Crippen molar-refractivity contribution in [2.45, 2.75) is 0 Å². The second kappa shape index (κ2) is 14.8. The van der Waals surface area contributed by atoms with Gasteiger partial charge < -0.3 is 9.47 Å². The molecule has 0 atom stereocenters. The Morgan fingerprint density at radius 3 is 1.39 bits per heavy atom. The molecular weight excluding hydrogens is 749 g/mol. The molecule has 12 aromatic rings. The number of anilines is 3. The Bertz CT molecular complexity index is 3480. The quantitative estimate of drug-likeness (QED) is 0.156. The number of para-hydroxylation sites is 1. The number of fused-ring (bicyclic) bond motifs is 7. The fourth-order valence-electron chi connectivity index (χ4n) is 9.72. The highest BCUT2D eigenvalue weighted by molar-refractivity contribution is 6.25. The van der Waals surface area contributed by atoms with Crippen molar-refractivity contribution >= 4 is 71.2 Å². The Kier molecular flexibility index (Phi) is 8.53. The van der Waals surface area contributed by atoms with Crippen molar-refractivity contribution in [3.05, 3.63) is 243 Å². The van der Waals surface area contributed by atoms with Gasteiger partial charge in [-0.05, 0) is 126 Å². The summed E-state index contributed by atoms with van der Waals surface area (Å²) in [5, 5.41) is 10.0. The molecule has 0 aliphatic rings. The monoisotopic (exact) mass is 788 g/mol. The zero-order valence-electron chi connectivity index (χ0n) is 34.0. The Morgan fingerprint density at radius 1 is 0.274 bits per heavy atom. The molecule has 11 aromatic carbocycles. The summed E-state index contributed by atoms with van der Waals surface area (Å²) in [5.41, 5.74) is 14.0. The van der Waals surface area contributed by atoms with Gasteiger partial charge in [0.25, 0.3) is 0 Å². The van der Waals surface area contributed by atoms with Crippen LogP contribution in [0.3, 0.4) is 0 Å². The minimum absolute atomic E-state index is 1.09. The predicted molar refractivity (Wildman–Crippen MR) is 264 cm³/mol.